The zero-order valence-electron chi connectivity index (χ0n) is 22.4. The van der Waals surface area contributed by atoms with Crippen molar-refractivity contribution in [2.75, 3.05) is 5.32 Å². The number of nitrogens with zero attached hydrogens (tertiary/aromatic N) is 4. The molecule has 0 aliphatic rings. The largest absolute Gasteiger partial charge is 0.488 e. The number of aryl methyl sites for hydroxylation is 1. The molecule has 206 valence electrons. The molecule has 0 spiro atoms. The molecule has 0 radical (unpaired) electrons. The molecule has 4 rings (SSSR count). The van der Waals surface area contributed by atoms with Crippen LogP contribution in [0.2, 0.25) is 0 Å². The summed E-state index contributed by atoms with van der Waals surface area (Å²) in [5.74, 6) is 1.18. The second-order valence-corrected chi connectivity index (χ2v) is 11.2. The minimum atomic E-state index is -0.453. The minimum Gasteiger partial charge on any atom is -0.488 e. The average Bonchev–Trinajstić information content (AvgIpc) is 3.33. The fraction of sp³-hybridized carbons (Fsp3) is 0.200. The number of anilines is 1. The van der Waals surface area contributed by atoms with Crippen molar-refractivity contribution in [1.82, 2.24) is 20.2 Å². The van der Waals surface area contributed by atoms with Crippen LogP contribution in [-0.4, -0.2) is 32.1 Å². The predicted octanol–water partition coefficient (Wildman–Crippen LogP) is 6.36. The summed E-state index contributed by atoms with van der Waals surface area (Å²) in [6, 6.07) is 23.7. The van der Waals surface area contributed by atoms with Crippen LogP contribution < -0.4 is 15.5 Å². The molecule has 10 heteroatoms. The lowest BCUT2D eigenvalue weighted by atomic mass is 10.2. The maximum absolute atomic E-state index is 12.8. The molecule has 2 N–H and O–H groups in total. The molecule has 3 aromatic carbocycles. The van der Waals surface area contributed by atoms with Gasteiger partial charge in [-0.2, -0.15) is 5.10 Å². The minimum absolute atomic E-state index is 0.249. The zero-order chi connectivity index (χ0) is 28.3. The van der Waals surface area contributed by atoms with Crippen LogP contribution in [0.1, 0.15) is 29.4 Å². The molecule has 1 aromatic heterocycles. The van der Waals surface area contributed by atoms with Crippen molar-refractivity contribution >= 4 is 45.5 Å². The lowest BCUT2D eigenvalue weighted by Gasteiger charge is -2.12. The molecule has 1 amide bonds. The first-order valence-electron chi connectivity index (χ1n) is 12.7. The van der Waals surface area contributed by atoms with Crippen LogP contribution in [0.3, 0.4) is 0 Å². The number of carbonyl (C=O) groups excluding carboxylic acids is 1. The number of carbonyl (C=O) groups is 1. The van der Waals surface area contributed by atoms with E-state index >= 15 is 0 Å². The third kappa shape index (κ3) is 8.30. The van der Waals surface area contributed by atoms with E-state index in [2.05, 4.69) is 67.6 Å². The van der Waals surface area contributed by atoms with Gasteiger partial charge < -0.3 is 14.6 Å². The van der Waals surface area contributed by atoms with Crippen molar-refractivity contribution in [3.63, 3.8) is 0 Å². The normalized spacial score (nSPS) is 11.8. The Labute approximate surface area is 247 Å². The summed E-state index contributed by atoms with van der Waals surface area (Å²) in [4.78, 5) is 12.8. The third-order valence-electron chi connectivity index (χ3n) is 5.84. The number of hydrogen-bond donors (Lipinski definition) is 2. The molecule has 1 atom stereocenters. The topological polar surface area (TPSA) is 93.4 Å². The van der Waals surface area contributed by atoms with Gasteiger partial charge in [0, 0.05) is 22.3 Å². The molecule has 0 fully saturated rings. The molecule has 8 nitrogen and oxygen atoms in total. The number of thioether (sulfide) groups is 1. The molecule has 0 aliphatic heterocycles. The fourth-order valence-electron chi connectivity index (χ4n) is 3.68. The van der Waals surface area contributed by atoms with Gasteiger partial charge in [0.05, 0.1) is 18.0 Å². The number of benzene rings is 3. The summed E-state index contributed by atoms with van der Waals surface area (Å²) in [6.45, 7) is 9.16. The number of rotatable bonds is 13. The molecule has 0 aliphatic carbocycles. The van der Waals surface area contributed by atoms with E-state index in [4.69, 9.17) is 4.74 Å². The van der Waals surface area contributed by atoms with Crippen LogP contribution in [-0.2, 0) is 24.5 Å². The second-order valence-electron chi connectivity index (χ2n) is 8.97. The maximum Gasteiger partial charge on any atom is 0.253 e. The van der Waals surface area contributed by atoms with E-state index in [0.717, 1.165) is 27.1 Å². The predicted molar refractivity (Wildman–Crippen MR) is 165 cm³/mol. The number of ether oxygens (including phenoxy) is 1. The fourth-order valence-corrected chi connectivity index (χ4v) is 4.99. The first-order valence-corrected chi connectivity index (χ1v) is 14.4. The quantitative estimate of drug-likeness (QED) is 0.0784. The van der Waals surface area contributed by atoms with Crippen molar-refractivity contribution < 1.29 is 9.53 Å². The Kier molecular flexibility index (Phi) is 10.5. The number of nitrogens with one attached hydrogen (secondary N) is 2. The van der Waals surface area contributed by atoms with Gasteiger partial charge in [-0.1, -0.05) is 75.7 Å². The summed E-state index contributed by atoms with van der Waals surface area (Å²) >= 11 is 4.80. The van der Waals surface area contributed by atoms with E-state index in [1.165, 1.54) is 17.3 Å². The summed E-state index contributed by atoms with van der Waals surface area (Å²) < 4.78 is 8.94. The van der Waals surface area contributed by atoms with E-state index in [9.17, 15) is 4.79 Å². The Hall–Kier alpha value is -3.89. The molecule has 1 heterocycles. The Morgan fingerprint density at radius 3 is 2.73 bits per heavy atom. The number of allylic oxidation sites excluding steroid dienone is 1. The standard InChI is InChI=1S/C30H31BrN6O2S/c1-4-16-37-28(19-32-26-14-12-21(2)13-15-26)34-36-30(37)40-22(3)29(38)35-33-18-24-9-5-6-11-27(24)39-20-23-8-7-10-25(31)17-23/h4-15,17-18,22,32H,1,16,19-20H2,2-3H3,(H,35,38)/b33-18+. The molecular formula is C30H31BrN6O2S. The van der Waals surface area contributed by atoms with Crippen LogP contribution in [0.5, 0.6) is 5.75 Å². The van der Waals surface area contributed by atoms with Crippen LogP contribution in [0, 0.1) is 6.92 Å². The molecule has 0 saturated carbocycles. The van der Waals surface area contributed by atoms with Crippen LogP contribution in [0.25, 0.3) is 0 Å². The molecule has 4 aromatic rings. The molecular weight excluding hydrogens is 588 g/mol. The van der Waals surface area contributed by atoms with Gasteiger partial charge in [0.1, 0.15) is 12.4 Å². The molecule has 0 bridgehead atoms. The Morgan fingerprint density at radius 2 is 1.95 bits per heavy atom. The smallest absolute Gasteiger partial charge is 0.253 e. The highest BCUT2D eigenvalue weighted by molar-refractivity contribution is 9.10. The van der Waals surface area contributed by atoms with E-state index in [1.807, 2.05) is 72.2 Å². The van der Waals surface area contributed by atoms with Crippen molar-refractivity contribution in [3.05, 3.63) is 112 Å². The highest BCUT2D eigenvalue weighted by Gasteiger charge is 2.19. The Morgan fingerprint density at radius 1 is 1.15 bits per heavy atom. The number of hydrazone groups is 1. The first-order chi connectivity index (χ1) is 19.4. The number of para-hydroxylation sites is 1. The maximum atomic E-state index is 12.8. The number of halogens is 1. The van der Waals surface area contributed by atoms with Gasteiger partial charge >= 0.3 is 0 Å². The molecule has 0 saturated heterocycles. The van der Waals surface area contributed by atoms with E-state index in [-0.39, 0.29) is 5.91 Å². The van der Waals surface area contributed by atoms with Crippen LogP contribution >= 0.6 is 27.7 Å². The van der Waals surface area contributed by atoms with Gasteiger partial charge in [0.15, 0.2) is 11.0 Å². The monoisotopic (exact) mass is 618 g/mol. The van der Waals surface area contributed by atoms with Crippen LogP contribution in [0.4, 0.5) is 5.69 Å². The lowest BCUT2D eigenvalue weighted by molar-refractivity contribution is -0.120. The van der Waals surface area contributed by atoms with Crippen molar-refractivity contribution in [2.24, 2.45) is 5.10 Å². The number of hydrogen-bond acceptors (Lipinski definition) is 7. The van der Waals surface area contributed by atoms with E-state index in [1.54, 1.807) is 12.3 Å². The second kappa shape index (κ2) is 14.5. The average molecular weight is 620 g/mol. The zero-order valence-corrected chi connectivity index (χ0v) is 24.8. The lowest BCUT2D eigenvalue weighted by Crippen LogP contribution is -2.27. The van der Waals surface area contributed by atoms with Crippen LogP contribution in [0.15, 0.2) is 100 Å². The first kappa shape index (κ1) is 29.1. The van der Waals surface area contributed by atoms with Crippen molar-refractivity contribution in [3.8, 4) is 5.75 Å². The highest BCUT2D eigenvalue weighted by atomic mass is 79.9. The van der Waals surface area contributed by atoms with E-state index < -0.39 is 5.25 Å². The van der Waals surface area contributed by atoms with Gasteiger partial charge in [-0.3, -0.25) is 4.79 Å². The summed E-state index contributed by atoms with van der Waals surface area (Å²) in [6.07, 6.45) is 3.37. The van der Waals surface area contributed by atoms with Gasteiger partial charge in [-0.05, 0) is 55.8 Å². The number of amides is 1. The van der Waals surface area contributed by atoms with Crippen molar-refractivity contribution in [1.29, 1.82) is 0 Å². The SMILES string of the molecule is C=CCn1c(CNc2ccc(C)cc2)nnc1SC(C)C(=O)N/N=C/c1ccccc1OCc1cccc(Br)c1. The van der Waals surface area contributed by atoms with Crippen molar-refractivity contribution in [2.45, 2.75) is 44.0 Å². The molecule has 40 heavy (non-hydrogen) atoms. The van der Waals surface area contributed by atoms with Gasteiger partial charge in [0.25, 0.3) is 5.91 Å². The highest BCUT2D eigenvalue weighted by Crippen LogP contribution is 2.23. The van der Waals surface area contributed by atoms with Gasteiger partial charge in [0.2, 0.25) is 0 Å². The number of aromatic nitrogens is 3. The summed E-state index contributed by atoms with van der Waals surface area (Å²) in [7, 11) is 0. The third-order valence-corrected chi connectivity index (χ3v) is 7.41. The summed E-state index contributed by atoms with van der Waals surface area (Å²) in [5, 5.41) is 16.4. The molecule has 1 unspecified atom stereocenters. The van der Waals surface area contributed by atoms with Gasteiger partial charge in [-0.15, -0.1) is 16.8 Å². The van der Waals surface area contributed by atoms with E-state index in [0.29, 0.717) is 30.6 Å². The summed E-state index contributed by atoms with van der Waals surface area (Å²) in [5.41, 5.74) is 6.62. The Balaban J connectivity index is 1.34. The van der Waals surface area contributed by atoms with Gasteiger partial charge in [-0.25, -0.2) is 5.43 Å². The Bertz CT molecular complexity index is 1470.